The van der Waals surface area contributed by atoms with Crippen LogP contribution in [0.5, 0.6) is 0 Å². The Bertz CT molecular complexity index is 336. The van der Waals surface area contributed by atoms with Crippen LogP contribution >= 0.6 is 0 Å². The highest BCUT2D eigenvalue weighted by molar-refractivity contribution is 5.06. The third kappa shape index (κ3) is 3.24. The van der Waals surface area contributed by atoms with Gasteiger partial charge in [-0.25, -0.2) is 0 Å². The number of hydrogen-bond donors (Lipinski definition) is 1. The Morgan fingerprint density at radius 3 is 2.42 bits per heavy atom. The summed E-state index contributed by atoms with van der Waals surface area (Å²) < 4.78 is 37.4. The van der Waals surface area contributed by atoms with Gasteiger partial charge in [0, 0.05) is 31.2 Å². The summed E-state index contributed by atoms with van der Waals surface area (Å²) in [4.78, 5) is 2.12. The van der Waals surface area contributed by atoms with Crippen LogP contribution in [0.1, 0.15) is 39.0 Å². The number of alkyl halides is 3. The van der Waals surface area contributed by atoms with Gasteiger partial charge in [0.05, 0.1) is 6.42 Å². The summed E-state index contributed by atoms with van der Waals surface area (Å²) in [5.41, 5.74) is 0.0387. The highest BCUT2D eigenvalue weighted by atomic mass is 19.4. The van der Waals surface area contributed by atoms with E-state index < -0.39 is 12.6 Å². The topological polar surface area (TPSA) is 15.3 Å². The third-order valence-electron chi connectivity index (χ3n) is 5.04. The lowest BCUT2D eigenvalue weighted by Gasteiger charge is -2.47. The molecule has 5 heteroatoms. The zero-order valence-electron chi connectivity index (χ0n) is 11.5. The van der Waals surface area contributed by atoms with E-state index in [-0.39, 0.29) is 12.1 Å². The number of nitrogens with one attached hydrogen (secondary N) is 1. The second-order valence-electron chi connectivity index (χ2n) is 6.81. The fraction of sp³-hybridized carbons (Fsp3) is 1.00. The Kier molecular flexibility index (Phi) is 3.33. The van der Waals surface area contributed by atoms with E-state index in [0.717, 1.165) is 13.1 Å². The summed E-state index contributed by atoms with van der Waals surface area (Å²) in [6.07, 6.45) is 0.130. The highest BCUT2D eigenvalue weighted by Gasteiger charge is 2.49. The molecule has 2 unspecified atom stereocenters. The van der Waals surface area contributed by atoms with Crippen LogP contribution in [0.15, 0.2) is 0 Å². The van der Waals surface area contributed by atoms with Gasteiger partial charge in [0.1, 0.15) is 0 Å². The maximum atomic E-state index is 12.5. The van der Waals surface area contributed by atoms with Crippen LogP contribution in [-0.4, -0.2) is 42.3 Å². The van der Waals surface area contributed by atoms with Crippen LogP contribution in [-0.2, 0) is 0 Å². The van der Waals surface area contributed by atoms with Crippen LogP contribution in [0.4, 0.5) is 13.2 Å². The minimum absolute atomic E-state index is 0.0387. The normalized spacial score (nSPS) is 37.6. The minimum Gasteiger partial charge on any atom is -0.308 e. The molecule has 19 heavy (non-hydrogen) atoms. The lowest BCUT2D eigenvalue weighted by atomic mass is 9.89. The van der Waals surface area contributed by atoms with Crippen molar-refractivity contribution in [3.05, 3.63) is 0 Å². The van der Waals surface area contributed by atoms with Gasteiger partial charge in [0.15, 0.2) is 0 Å². The molecule has 0 radical (unpaired) electrons. The van der Waals surface area contributed by atoms with Gasteiger partial charge in [-0.05, 0) is 44.4 Å². The van der Waals surface area contributed by atoms with Crippen molar-refractivity contribution < 1.29 is 13.2 Å². The van der Waals surface area contributed by atoms with Crippen LogP contribution < -0.4 is 5.32 Å². The Morgan fingerprint density at radius 2 is 1.89 bits per heavy atom. The number of hydrogen-bond acceptors (Lipinski definition) is 2. The van der Waals surface area contributed by atoms with Crippen LogP contribution in [0.3, 0.4) is 0 Å². The number of rotatable bonds is 4. The average molecular weight is 276 g/mol. The first-order valence-electron chi connectivity index (χ1n) is 7.43. The summed E-state index contributed by atoms with van der Waals surface area (Å²) in [5.74, 6) is 1.30. The van der Waals surface area contributed by atoms with Crippen LogP contribution in [0, 0.1) is 11.8 Å². The molecule has 110 valence electrons. The molecule has 0 aromatic heterocycles. The number of nitrogens with zero attached hydrogens (tertiary/aromatic N) is 1. The molecule has 3 fully saturated rings. The molecular formula is C14H23F3N2. The van der Waals surface area contributed by atoms with Gasteiger partial charge < -0.3 is 5.32 Å². The van der Waals surface area contributed by atoms with E-state index in [4.69, 9.17) is 0 Å². The van der Waals surface area contributed by atoms with Gasteiger partial charge in [-0.2, -0.15) is 13.2 Å². The molecule has 3 rings (SSSR count). The van der Waals surface area contributed by atoms with Gasteiger partial charge in [-0.15, -0.1) is 0 Å². The van der Waals surface area contributed by atoms with Gasteiger partial charge >= 0.3 is 6.18 Å². The van der Waals surface area contributed by atoms with E-state index in [2.05, 4.69) is 17.1 Å². The molecule has 2 nitrogen and oxygen atoms in total. The number of piperazine rings is 1. The molecule has 0 aromatic rings. The smallest absolute Gasteiger partial charge is 0.308 e. The van der Waals surface area contributed by atoms with Crippen molar-refractivity contribution in [3.8, 4) is 0 Å². The summed E-state index contributed by atoms with van der Waals surface area (Å²) in [6, 6.07) is 0.328. The molecular weight excluding hydrogens is 253 g/mol. The minimum atomic E-state index is -4.03. The third-order valence-corrected chi connectivity index (χ3v) is 5.04. The maximum absolute atomic E-state index is 12.5. The van der Waals surface area contributed by atoms with E-state index in [0.29, 0.717) is 17.9 Å². The second kappa shape index (κ2) is 4.62. The van der Waals surface area contributed by atoms with Crippen molar-refractivity contribution in [2.24, 2.45) is 11.8 Å². The zero-order valence-corrected chi connectivity index (χ0v) is 11.5. The summed E-state index contributed by atoms with van der Waals surface area (Å²) >= 11 is 0. The largest absolute Gasteiger partial charge is 0.390 e. The first-order chi connectivity index (χ1) is 8.87. The molecule has 2 saturated carbocycles. The zero-order chi connectivity index (χ0) is 13.7. The molecule has 3 aliphatic rings. The quantitative estimate of drug-likeness (QED) is 0.849. The van der Waals surface area contributed by atoms with Crippen molar-refractivity contribution in [1.29, 1.82) is 0 Å². The SMILES string of the molecule is CC1(C2CC2)CN(CCC(F)(F)F)C(C2CC2)CN1. The highest BCUT2D eigenvalue weighted by Crippen LogP contribution is 2.44. The predicted molar refractivity (Wildman–Crippen MR) is 67.9 cm³/mol. The van der Waals surface area contributed by atoms with Gasteiger partial charge in [-0.3, -0.25) is 4.90 Å². The molecule has 1 saturated heterocycles. The van der Waals surface area contributed by atoms with Crippen molar-refractivity contribution >= 4 is 0 Å². The van der Waals surface area contributed by atoms with Crippen molar-refractivity contribution in [1.82, 2.24) is 10.2 Å². The molecule has 1 N–H and O–H groups in total. The van der Waals surface area contributed by atoms with E-state index in [1.54, 1.807) is 0 Å². The molecule has 2 aliphatic carbocycles. The van der Waals surface area contributed by atoms with Gasteiger partial charge in [0.25, 0.3) is 0 Å². The lowest BCUT2D eigenvalue weighted by Crippen LogP contribution is -2.64. The molecule has 0 spiro atoms. The Hall–Kier alpha value is -0.290. The molecule has 1 heterocycles. The fourth-order valence-electron chi connectivity index (χ4n) is 3.52. The van der Waals surface area contributed by atoms with Crippen molar-refractivity contribution in [3.63, 3.8) is 0 Å². The van der Waals surface area contributed by atoms with E-state index >= 15 is 0 Å². The molecule has 1 aliphatic heterocycles. The van der Waals surface area contributed by atoms with Crippen LogP contribution in [0.25, 0.3) is 0 Å². The van der Waals surface area contributed by atoms with Gasteiger partial charge in [-0.1, -0.05) is 0 Å². The number of halogens is 3. The second-order valence-corrected chi connectivity index (χ2v) is 6.81. The Morgan fingerprint density at radius 1 is 1.21 bits per heavy atom. The van der Waals surface area contributed by atoms with Gasteiger partial charge in [0.2, 0.25) is 0 Å². The summed E-state index contributed by atoms with van der Waals surface area (Å²) in [7, 11) is 0. The summed E-state index contributed by atoms with van der Waals surface area (Å²) in [6.45, 7) is 4.02. The van der Waals surface area contributed by atoms with E-state index in [9.17, 15) is 13.2 Å². The van der Waals surface area contributed by atoms with Crippen LogP contribution in [0.2, 0.25) is 0 Å². The maximum Gasteiger partial charge on any atom is 0.390 e. The fourth-order valence-corrected chi connectivity index (χ4v) is 3.52. The molecule has 0 aromatic carbocycles. The summed E-state index contributed by atoms with van der Waals surface area (Å²) in [5, 5.41) is 3.63. The molecule has 2 atom stereocenters. The average Bonchev–Trinajstić information content (AvgIpc) is 3.15. The van der Waals surface area contributed by atoms with E-state index in [1.807, 2.05) is 0 Å². The van der Waals surface area contributed by atoms with E-state index in [1.165, 1.54) is 25.7 Å². The predicted octanol–water partition coefficient (Wildman–Crippen LogP) is 2.79. The monoisotopic (exact) mass is 276 g/mol. The lowest BCUT2D eigenvalue weighted by molar-refractivity contribution is -0.141. The molecule has 0 bridgehead atoms. The Balaban J connectivity index is 1.64. The standard InChI is InChI=1S/C14H23F3N2/c1-13(11-4-5-11)9-19(7-6-14(15,16)17)12(8-18-13)10-2-3-10/h10-12,18H,2-9H2,1H3. The van der Waals surface area contributed by atoms with Crippen molar-refractivity contribution in [2.75, 3.05) is 19.6 Å². The van der Waals surface area contributed by atoms with Crippen molar-refractivity contribution in [2.45, 2.75) is 56.8 Å². The first-order valence-corrected chi connectivity index (χ1v) is 7.43. The molecule has 0 amide bonds. The Labute approximate surface area is 112 Å². The first kappa shape index (κ1) is 13.7.